The molecule has 22 heavy (non-hydrogen) atoms. The van der Waals surface area contributed by atoms with E-state index < -0.39 is 17.8 Å². The van der Waals surface area contributed by atoms with Crippen molar-refractivity contribution < 1.29 is 27.8 Å². The summed E-state index contributed by atoms with van der Waals surface area (Å²) < 4.78 is 43.7. The predicted molar refractivity (Wildman–Crippen MR) is 71.7 cm³/mol. The summed E-state index contributed by atoms with van der Waals surface area (Å²) in [6.07, 6.45) is -4.07. The minimum atomic E-state index is -4.38. The fourth-order valence-corrected chi connectivity index (χ4v) is 3.43. The van der Waals surface area contributed by atoms with E-state index in [2.05, 4.69) is 0 Å². The minimum Gasteiger partial charge on any atom is -0.490 e. The van der Waals surface area contributed by atoms with E-state index in [4.69, 9.17) is 9.84 Å². The molecule has 0 aromatic heterocycles. The lowest BCUT2D eigenvalue weighted by atomic mass is 10.0. The van der Waals surface area contributed by atoms with Crippen LogP contribution in [0.2, 0.25) is 0 Å². The molecular formula is C15H16F3NO3. The Hall–Kier alpha value is -1.92. The fourth-order valence-electron chi connectivity index (χ4n) is 3.43. The Bertz CT molecular complexity index is 561. The van der Waals surface area contributed by atoms with E-state index in [1.165, 1.54) is 17.0 Å². The van der Waals surface area contributed by atoms with Gasteiger partial charge in [0.1, 0.15) is 5.75 Å². The first kappa shape index (κ1) is 15.0. The number of hydrogen-bond acceptors (Lipinski definition) is 2. The van der Waals surface area contributed by atoms with Crippen molar-refractivity contribution in [1.29, 1.82) is 0 Å². The average molecular weight is 315 g/mol. The zero-order valence-corrected chi connectivity index (χ0v) is 11.7. The third kappa shape index (κ3) is 2.98. The summed E-state index contributed by atoms with van der Waals surface area (Å²) in [5.74, 6) is 0.702. The van der Waals surface area contributed by atoms with E-state index in [1.807, 2.05) is 0 Å². The number of hydrogen-bond donors (Lipinski definition) is 1. The summed E-state index contributed by atoms with van der Waals surface area (Å²) >= 11 is 0. The van der Waals surface area contributed by atoms with Crippen molar-refractivity contribution in [2.45, 2.75) is 25.1 Å². The molecule has 2 aliphatic rings. The highest BCUT2D eigenvalue weighted by Gasteiger charge is 2.43. The van der Waals surface area contributed by atoms with Crippen LogP contribution in [0.1, 0.15) is 18.4 Å². The van der Waals surface area contributed by atoms with Gasteiger partial charge in [0.05, 0.1) is 11.7 Å². The lowest BCUT2D eigenvalue weighted by Crippen LogP contribution is -2.29. The second-order valence-corrected chi connectivity index (χ2v) is 5.94. The van der Waals surface area contributed by atoms with Crippen LogP contribution in [0, 0.1) is 11.8 Å². The number of carbonyl (C=O) groups is 1. The normalized spacial score (nSPS) is 27.8. The second-order valence-electron chi connectivity index (χ2n) is 5.94. The number of rotatable bonds is 2. The molecule has 1 amide bonds. The average Bonchev–Trinajstić information content (AvgIpc) is 2.96. The smallest absolute Gasteiger partial charge is 0.416 e. The Morgan fingerprint density at radius 1 is 1.23 bits per heavy atom. The van der Waals surface area contributed by atoms with Crippen molar-refractivity contribution in [3.63, 3.8) is 0 Å². The Labute approximate surface area is 125 Å². The molecule has 1 N–H and O–H groups in total. The molecule has 1 aromatic rings. The first-order chi connectivity index (χ1) is 10.3. The van der Waals surface area contributed by atoms with Crippen molar-refractivity contribution in [3.05, 3.63) is 29.8 Å². The van der Waals surface area contributed by atoms with Crippen LogP contribution < -0.4 is 4.74 Å². The maximum Gasteiger partial charge on any atom is 0.416 e. The van der Waals surface area contributed by atoms with E-state index in [-0.39, 0.29) is 23.7 Å². The van der Waals surface area contributed by atoms with Gasteiger partial charge >= 0.3 is 12.3 Å². The van der Waals surface area contributed by atoms with Gasteiger partial charge in [0.15, 0.2) is 0 Å². The van der Waals surface area contributed by atoms with Crippen molar-refractivity contribution in [1.82, 2.24) is 4.90 Å². The van der Waals surface area contributed by atoms with Crippen LogP contribution in [0.4, 0.5) is 18.0 Å². The van der Waals surface area contributed by atoms with Crippen LogP contribution >= 0.6 is 0 Å². The zero-order valence-electron chi connectivity index (χ0n) is 11.7. The first-order valence-electron chi connectivity index (χ1n) is 7.14. The molecule has 2 fully saturated rings. The molecule has 0 bridgehead atoms. The monoisotopic (exact) mass is 315 g/mol. The maximum atomic E-state index is 12.7. The van der Waals surface area contributed by atoms with Crippen molar-refractivity contribution >= 4 is 6.09 Å². The molecule has 3 atom stereocenters. The number of ether oxygens (including phenoxy) is 1. The van der Waals surface area contributed by atoms with Crippen LogP contribution in [-0.4, -0.2) is 35.3 Å². The second kappa shape index (κ2) is 5.37. The third-order valence-corrected chi connectivity index (χ3v) is 4.44. The zero-order chi connectivity index (χ0) is 15.9. The number of alkyl halides is 3. The summed E-state index contributed by atoms with van der Waals surface area (Å²) in [7, 11) is 0. The maximum absolute atomic E-state index is 12.7. The van der Waals surface area contributed by atoms with Crippen LogP contribution in [0.15, 0.2) is 24.3 Å². The molecular weight excluding hydrogens is 299 g/mol. The highest BCUT2D eigenvalue weighted by atomic mass is 19.4. The number of halogens is 3. The van der Waals surface area contributed by atoms with E-state index in [0.29, 0.717) is 25.9 Å². The number of likely N-dealkylation sites (tertiary alicyclic amines) is 1. The standard InChI is InChI=1S/C15H16F3NO3/c16-15(17,18)11-2-1-3-12(6-11)22-13-4-9-7-19(14(20)21)8-10(9)5-13/h1-3,6,9-10,13H,4-5,7-8H2,(H,20,21)/t9-,10+,13+. The summed E-state index contributed by atoms with van der Waals surface area (Å²) in [6.45, 7) is 0.977. The molecule has 0 spiro atoms. The predicted octanol–water partition coefficient (Wildman–Crippen LogP) is 3.47. The van der Waals surface area contributed by atoms with Gasteiger partial charge in [-0.25, -0.2) is 4.79 Å². The number of fused-ring (bicyclic) bond motifs is 1. The molecule has 1 aliphatic carbocycles. The third-order valence-electron chi connectivity index (χ3n) is 4.44. The van der Waals surface area contributed by atoms with Crippen LogP contribution in [0.3, 0.4) is 0 Å². The highest BCUT2D eigenvalue weighted by molar-refractivity contribution is 5.65. The topological polar surface area (TPSA) is 49.8 Å². The lowest BCUT2D eigenvalue weighted by molar-refractivity contribution is -0.137. The molecule has 0 radical (unpaired) electrons. The summed E-state index contributed by atoms with van der Waals surface area (Å²) in [6, 6.07) is 4.88. The SMILES string of the molecule is O=C(O)N1C[C@H]2C[C@H](Oc3cccc(C(F)(F)F)c3)C[C@H]2C1. The Morgan fingerprint density at radius 2 is 1.86 bits per heavy atom. The Kier molecular flexibility index (Phi) is 3.66. The number of carboxylic acid groups (broad SMARTS) is 1. The number of nitrogens with zero attached hydrogens (tertiary/aromatic N) is 1. The number of amides is 1. The Balaban J connectivity index is 1.62. The van der Waals surface area contributed by atoms with Gasteiger partial charge in [-0.1, -0.05) is 6.07 Å². The minimum absolute atomic E-state index is 0.144. The molecule has 120 valence electrons. The van der Waals surface area contributed by atoms with Crippen molar-refractivity contribution in [2.24, 2.45) is 11.8 Å². The van der Waals surface area contributed by atoms with E-state index in [1.54, 1.807) is 0 Å². The molecule has 7 heteroatoms. The lowest BCUT2D eigenvalue weighted by Gasteiger charge is -2.18. The fraction of sp³-hybridized carbons (Fsp3) is 0.533. The molecule has 1 aromatic carbocycles. The van der Waals surface area contributed by atoms with E-state index in [0.717, 1.165) is 12.1 Å². The molecule has 1 heterocycles. The van der Waals surface area contributed by atoms with Crippen molar-refractivity contribution in [2.75, 3.05) is 13.1 Å². The Morgan fingerprint density at radius 3 is 2.41 bits per heavy atom. The van der Waals surface area contributed by atoms with Crippen LogP contribution in [-0.2, 0) is 6.18 Å². The van der Waals surface area contributed by atoms with Gasteiger partial charge in [0.2, 0.25) is 0 Å². The van der Waals surface area contributed by atoms with Crippen molar-refractivity contribution in [3.8, 4) is 5.75 Å². The van der Waals surface area contributed by atoms with Gasteiger partial charge in [-0.2, -0.15) is 13.2 Å². The van der Waals surface area contributed by atoms with Crippen LogP contribution in [0.5, 0.6) is 5.75 Å². The van der Waals surface area contributed by atoms with Gasteiger partial charge in [-0.15, -0.1) is 0 Å². The largest absolute Gasteiger partial charge is 0.490 e. The highest BCUT2D eigenvalue weighted by Crippen LogP contribution is 2.40. The van der Waals surface area contributed by atoms with Crippen LogP contribution in [0.25, 0.3) is 0 Å². The van der Waals surface area contributed by atoms with Gasteiger partial charge in [0, 0.05) is 13.1 Å². The quantitative estimate of drug-likeness (QED) is 0.909. The summed E-state index contributed by atoms with van der Waals surface area (Å²) in [5.41, 5.74) is -0.722. The molecule has 1 saturated carbocycles. The van der Waals surface area contributed by atoms with E-state index >= 15 is 0 Å². The molecule has 1 saturated heterocycles. The number of benzene rings is 1. The molecule has 4 nitrogen and oxygen atoms in total. The van der Waals surface area contributed by atoms with Gasteiger partial charge in [0.25, 0.3) is 0 Å². The van der Waals surface area contributed by atoms with E-state index in [9.17, 15) is 18.0 Å². The molecule has 1 aliphatic heterocycles. The van der Waals surface area contributed by atoms with Gasteiger partial charge in [-0.05, 0) is 42.9 Å². The first-order valence-corrected chi connectivity index (χ1v) is 7.14. The summed E-state index contributed by atoms with van der Waals surface area (Å²) in [5, 5.41) is 8.96. The van der Waals surface area contributed by atoms with Gasteiger partial charge < -0.3 is 14.7 Å². The van der Waals surface area contributed by atoms with Gasteiger partial charge in [-0.3, -0.25) is 0 Å². The summed E-state index contributed by atoms with van der Waals surface area (Å²) in [4.78, 5) is 12.3. The molecule has 0 unspecified atom stereocenters. The molecule has 3 rings (SSSR count).